The van der Waals surface area contributed by atoms with Crippen molar-refractivity contribution in [1.82, 2.24) is 0 Å². The lowest BCUT2D eigenvalue weighted by Crippen LogP contribution is -2.50. The maximum absolute atomic E-state index is 9.55. The van der Waals surface area contributed by atoms with Crippen LogP contribution in [0.5, 0.6) is 11.5 Å². The normalized spacial score (nSPS) is 11.9. The van der Waals surface area contributed by atoms with Crippen LogP contribution in [-0.4, -0.2) is 17.8 Å². The Balaban J connectivity index is 0.00000256. The summed E-state index contributed by atoms with van der Waals surface area (Å²) >= 11 is 0. The van der Waals surface area contributed by atoms with Crippen molar-refractivity contribution in [2.24, 2.45) is 5.73 Å². The molecule has 1 aromatic rings. The van der Waals surface area contributed by atoms with Crippen LogP contribution >= 0.6 is 0 Å². The highest BCUT2D eigenvalue weighted by molar-refractivity contribution is 5.44. The first kappa shape index (κ1) is 15.8. The fraction of sp³-hybridized carbons (Fsp3) is 0.571. The average molecular weight is 239 g/mol. The molecule has 0 atom stereocenters. The van der Waals surface area contributed by atoms with Crippen LogP contribution < -0.4 is 10.5 Å². The summed E-state index contributed by atoms with van der Waals surface area (Å²) in [7, 11) is 1.54. The molecule has 0 unspecified atom stereocenters. The van der Waals surface area contributed by atoms with Crippen molar-refractivity contribution in [3.05, 3.63) is 23.8 Å². The number of nitrogens with two attached hydrogens (primary N) is 1. The molecule has 0 amide bonds. The van der Waals surface area contributed by atoms with E-state index in [2.05, 4.69) is 13.8 Å². The summed E-state index contributed by atoms with van der Waals surface area (Å²) in [6.07, 6.45) is 0. The summed E-state index contributed by atoms with van der Waals surface area (Å²) in [6.45, 7) is 8.15. The lowest BCUT2D eigenvalue weighted by atomic mass is 9.70. The Hall–Kier alpha value is -1.22. The van der Waals surface area contributed by atoms with Gasteiger partial charge in [0.05, 0.1) is 7.11 Å². The van der Waals surface area contributed by atoms with E-state index in [1.165, 1.54) is 0 Å². The highest BCUT2D eigenvalue weighted by Crippen LogP contribution is 2.37. The highest BCUT2D eigenvalue weighted by Gasteiger charge is 2.35. The van der Waals surface area contributed by atoms with E-state index >= 15 is 0 Å². The average Bonchev–Trinajstić information content (AvgIpc) is 2.16. The number of phenols is 1. The molecular formula is C14H25NO2. The van der Waals surface area contributed by atoms with Gasteiger partial charge in [0.25, 0.3) is 0 Å². The van der Waals surface area contributed by atoms with Crippen molar-refractivity contribution in [2.45, 2.75) is 46.1 Å². The Kier molecular flexibility index (Phi) is 4.61. The number of methoxy groups -OCH3 is 1. The van der Waals surface area contributed by atoms with Crippen molar-refractivity contribution in [3.8, 4) is 11.5 Å². The largest absolute Gasteiger partial charge is 0.504 e. The van der Waals surface area contributed by atoms with E-state index in [0.29, 0.717) is 5.75 Å². The van der Waals surface area contributed by atoms with Crippen LogP contribution in [0.4, 0.5) is 0 Å². The summed E-state index contributed by atoms with van der Waals surface area (Å²) < 4.78 is 5.10. The van der Waals surface area contributed by atoms with E-state index in [9.17, 15) is 5.11 Å². The van der Waals surface area contributed by atoms with E-state index < -0.39 is 0 Å². The molecule has 0 aromatic heterocycles. The zero-order valence-corrected chi connectivity index (χ0v) is 10.7. The van der Waals surface area contributed by atoms with Crippen LogP contribution in [-0.2, 0) is 5.41 Å². The molecule has 0 aliphatic carbocycles. The van der Waals surface area contributed by atoms with Gasteiger partial charge in [0, 0.05) is 11.0 Å². The number of ether oxygens (including phenoxy) is 1. The topological polar surface area (TPSA) is 55.5 Å². The predicted octanol–water partition coefficient (Wildman–Crippen LogP) is 3.05. The van der Waals surface area contributed by atoms with Gasteiger partial charge in [-0.05, 0) is 31.5 Å². The molecule has 3 heteroatoms. The second-order valence-electron chi connectivity index (χ2n) is 5.23. The molecule has 1 aromatic carbocycles. The summed E-state index contributed by atoms with van der Waals surface area (Å²) in [5.74, 6) is 0.631. The molecule has 3 N–H and O–H groups in total. The first-order chi connectivity index (χ1) is 7.20. The molecule has 1 rings (SSSR count). The Morgan fingerprint density at radius 1 is 1.18 bits per heavy atom. The molecule has 98 valence electrons. The molecule has 0 fully saturated rings. The quantitative estimate of drug-likeness (QED) is 0.852. The number of aromatic hydroxyl groups is 1. The van der Waals surface area contributed by atoms with Gasteiger partial charge in [-0.1, -0.05) is 27.3 Å². The molecule has 0 heterocycles. The Morgan fingerprint density at radius 2 is 1.71 bits per heavy atom. The van der Waals surface area contributed by atoms with Gasteiger partial charge in [0.2, 0.25) is 0 Å². The number of hydrogen-bond acceptors (Lipinski definition) is 3. The van der Waals surface area contributed by atoms with Crippen molar-refractivity contribution < 1.29 is 9.84 Å². The first-order valence-electron chi connectivity index (χ1n) is 5.36. The van der Waals surface area contributed by atoms with Gasteiger partial charge in [-0.3, -0.25) is 0 Å². The van der Waals surface area contributed by atoms with Crippen LogP contribution in [0.1, 0.15) is 40.7 Å². The predicted molar refractivity (Wildman–Crippen MR) is 72.7 cm³/mol. The van der Waals surface area contributed by atoms with Crippen LogP contribution in [0, 0.1) is 0 Å². The minimum atomic E-state index is -0.352. The fourth-order valence-electron chi connectivity index (χ4n) is 1.44. The Bertz CT molecular complexity index is 378. The molecule has 0 aliphatic rings. The first-order valence-corrected chi connectivity index (χ1v) is 5.36. The van der Waals surface area contributed by atoms with Gasteiger partial charge in [-0.15, -0.1) is 0 Å². The highest BCUT2D eigenvalue weighted by atomic mass is 16.5. The second-order valence-corrected chi connectivity index (χ2v) is 5.23. The molecule has 3 nitrogen and oxygen atoms in total. The summed E-state index contributed by atoms with van der Waals surface area (Å²) in [5, 5.41) is 9.55. The monoisotopic (exact) mass is 239 g/mol. The number of phenolic OH excluding ortho intramolecular Hbond substituents is 1. The summed E-state index contributed by atoms with van der Waals surface area (Å²) in [4.78, 5) is 0. The van der Waals surface area contributed by atoms with E-state index in [-0.39, 0.29) is 24.1 Å². The zero-order chi connectivity index (χ0) is 12.6. The van der Waals surface area contributed by atoms with E-state index in [0.717, 1.165) is 5.56 Å². The van der Waals surface area contributed by atoms with Gasteiger partial charge in [0.15, 0.2) is 11.5 Å². The van der Waals surface area contributed by atoms with Crippen LogP contribution in [0.2, 0.25) is 0 Å². The van der Waals surface area contributed by atoms with E-state index in [1.807, 2.05) is 26.0 Å². The lowest BCUT2D eigenvalue weighted by Gasteiger charge is -2.39. The maximum Gasteiger partial charge on any atom is 0.160 e. The molecular weight excluding hydrogens is 214 g/mol. The SMILES string of the molecule is C.COc1cc(C(C)(C)C(C)(C)N)ccc1O. The van der Waals surface area contributed by atoms with Crippen molar-refractivity contribution in [2.75, 3.05) is 7.11 Å². The van der Waals surface area contributed by atoms with E-state index in [1.54, 1.807) is 13.2 Å². The minimum Gasteiger partial charge on any atom is -0.504 e. The van der Waals surface area contributed by atoms with Gasteiger partial charge in [0.1, 0.15) is 0 Å². The van der Waals surface area contributed by atoms with Crippen LogP contribution in [0.3, 0.4) is 0 Å². The fourth-order valence-corrected chi connectivity index (χ4v) is 1.44. The third-order valence-corrected chi connectivity index (χ3v) is 3.51. The standard InChI is InChI=1S/C13H21NO2.CH4/c1-12(2,13(3,4)14)9-6-7-10(15)11(8-9)16-5;/h6-8,15H,14H2,1-5H3;1H4. The number of benzene rings is 1. The molecule has 0 radical (unpaired) electrons. The van der Waals surface area contributed by atoms with Crippen molar-refractivity contribution >= 4 is 0 Å². The van der Waals surface area contributed by atoms with Gasteiger partial charge in [-0.25, -0.2) is 0 Å². The maximum atomic E-state index is 9.55. The van der Waals surface area contributed by atoms with Gasteiger partial charge < -0.3 is 15.6 Å². The minimum absolute atomic E-state index is 0. The molecule has 0 spiro atoms. The van der Waals surface area contributed by atoms with Crippen molar-refractivity contribution in [3.63, 3.8) is 0 Å². The number of hydrogen-bond donors (Lipinski definition) is 2. The third kappa shape index (κ3) is 2.91. The molecule has 0 saturated carbocycles. The lowest BCUT2D eigenvalue weighted by molar-refractivity contribution is 0.303. The molecule has 17 heavy (non-hydrogen) atoms. The molecule has 0 aliphatic heterocycles. The van der Waals surface area contributed by atoms with Crippen LogP contribution in [0.15, 0.2) is 18.2 Å². The van der Waals surface area contributed by atoms with Gasteiger partial charge in [-0.2, -0.15) is 0 Å². The molecule has 0 saturated heterocycles. The van der Waals surface area contributed by atoms with Crippen molar-refractivity contribution in [1.29, 1.82) is 0 Å². The third-order valence-electron chi connectivity index (χ3n) is 3.51. The van der Waals surface area contributed by atoms with Crippen LogP contribution in [0.25, 0.3) is 0 Å². The smallest absolute Gasteiger partial charge is 0.160 e. The second kappa shape index (κ2) is 4.96. The van der Waals surface area contributed by atoms with E-state index in [4.69, 9.17) is 10.5 Å². The van der Waals surface area contributed by atoms with Gasteiger partial charge >= 0.3 is 0 Å². The zero-order valence-electron chi connectivity index (χ0n) is 10.7. The molecule has 0 bridgehead atoms. The summed E-state index contributed by atoms with van der Waals surface area (Å²) in [5.41, 5.74) is 6.67. The Labute approximate surface area is 105 Å². The summed E-state index contributed by atoms with van der Waals surface area (Å²) in [6, 6.07) is 5.36. The number of rotatable bonds is 3. The Morgan fingerprint density at radius 3 is 2.12 bits per heavy atom.